The van der Waals surface area contributed by atoms with Crippen LogP contribution in [-0.4, -0.2) is 57.4 Å². The average Bonchev–Trinajstić information content (AvgIpc) is 2.75. The number of aryl methyl sites for hydroxylation is 1. The minimum absolute atomic E-state index is 0.199. The van der Waals surface area contributed by atoms with Crippen molar-refractivity contribution in [3.63, 3.8) is 0 Å². The van der Waals surface area contributed by atoms with E-state index in [0.29, 0.717) is 36.1 Å². The molecule has 0 bridgehead atoms. The predicted molar refractivity (Wildman–Crippen MR) is 122 cm³/mol. The Morgan fingerprint density at radius 2 is 2.03 bits per heavy atom. The molecule has 175 valence electrons. The summed E-state index contributed by atoms with van der Waals surface area (Å²) >= 11 is 0. The molecule has 32 heavy (non-hydrogen) atoms. The smallest absolute Gasteiger partial charge is 0.332 e. The summed E-state index contributed by atoms with van der Waals surface area (Å²) in [7, 11) is 3.06. The van der Waals surface area contributed by atoms with Crippen LogP contribution in [0.15, 0.2) is 21.9 Å². The number of hydrogen-bond donors (Lipinski definition) is 1. The Kier molecular flexibility index (Phi) is 7.59. The van der Waals surface area contributed by atoms with Crippen LogP contribution in [0.4, 0.5) is 0 Å². The van der Waals surface area contributed by atoms with Crippen molar-refractivity contribution < 1.29 is 19.2 Å². The third kappa shape index (κ3) is 5.48. The Bertz CT molecular complexity index is 1050. The molecule has 0 saturated carbocycles. The van der Waals surface area contributed by atoms with Gasteiger partial charge in [0.25, 0.3) is 5.56 Å². The fourth-order valence-corrected chi connectivity index (χ4v) is 3.30. The molecular weight excluding hydrogens is 413 g/mol. The van der Waals surface area contributed by atoms with E-state index in [4.69, 9.17) is 14.1 Å². The third-order valence-corrected chi connectivity index (χ3v) is 6.13. The first-order chi connectivity index (χ1) is 15.0. The van der Waals surface area contributed by atoms with E-state index >= 15 is 0 Å². The summed E-state index contributed by atoms with van der Waals surface area (Å²) in [6.45, 7) is 8.23. The summed E-state index contributed by atoms with van der Waals surface area (Å²) in [4.78, 5) is 30.1. The Labute approximate surface area is 188 Å². The highest BCUT2D eigenvalue weighted by molar-refractivity contribution is 6.47. The first kappa shape index (κ1) is 24.6. The van der Waals surface area contributed by atoms with E-state index in [1.165, 1.54) is 22.8 Å². The van der Waals surface area contributed by atoms with Crippen LogP contribution in [0.25, 0.3) is 11.0 Å². The SMILES string of the molecule is Cn1c(=O)n(CCCOC2CCCCO2)c(=O)c2cc([B]OC(C)(C)C(C)(C)O)cnc21. The number of ether oxygens (including phenoxy) is 2. The number of rotatable bonds is 9. The van der Waals surface area contributed by atoms with Gasteiger partial charge in [0, 0.05) is 26.4 Å². The van der Waals surface area contributed by atoms with Crippen LogP contribution in [-0.2, 0) is 27.7 Å². The van der Waals surface area contributed by atoms with Gasteiger partial charge in [-0.2, -0.15) is 0 Å². The molecule has 3 rings (SSSR count). The Morgan fingerprint density at radius 3 is 2.69 bits per heavy atom. The van der Waals surface area contributed by atoms with Crippen molar-refractivity contribution in [1.29, 1.82) is 0 Å². The number of hydrogen-bond acceptors (Lipinski definition) is 7. The molecule has 2 aromatic rings. The lowest BCUT2D eigenvalue weighted by Crippen LogP contribution is -2.49. The maximum atomic E-state index is 13.1. The van der Waals surface area contributed by atoms with E-state index in [1.807, 2.05) is 0 Å². The first-order valence-corrected chi connectivity index (χ1v) is 11.1. The van der Waals surface area contributed by atoms with E-state index < -0.39 is 22.5 Å². The van der Waals surface area contributed by atoms with Crippen LogP contribution in [0.2, 0.25) is 0 Å². The number of pyridine rings is 1. The highest BCUT2D eigenvalue weighted by Crippen LogP contribution is 2.24. The van der Waals surface area contributed by atoms with Crippen LogP contribution in [0.3, 0.4) is 0 Å². The van der Waals surface area contributed by atoms with Crippen LogP contribution in [0, 0.1) is 0 Å². The molecule has 2 aromatic heterocycles. The van der Waals surface area contributed by atoms with Crippen molar-refractivity contribution in [2.45, 2.75) is 77.4 Å². The van der Waals surface area contributed by atoms with Gasteiger partial charge in [-0.25, -0.2) is 9.78 Å². The molecule has 10 heteroatoms. The lowest BCUT2D eigenvalue weighted by Gasteiger charge is -2.37. The van der Waals surface area contributed by atoms with Crippen molar-refractivity contribution in [3.8, 4) is 0 Å². The number of aliphatic hydroxyl groups is 1. The second-order valence-electron chi connectivity index (χ2n) is 9.26. The Hall–Kier alpha value is -2.01. The molecule has 1 radical (unpaired) electrons. The largest absolute Gasteiger partial charge is 0.427 e. The molecule has 1 atom stereocenters. The van der Waals surface area contributed by atoms with Gasteiger partial charge in [-0.05, 0) is 64.9 Å². The standard InChI is InChI=1S/C22H33BN3O6/c1-21(2,29)22(3,4)32-23-15-13-16-18(24-14-15)25(5)20(28)26(19(16)27)10-8-12-31-17-9-6-7-11-30-17/h13-14,17,29H,6-12H2,1-5H3. The van der Waals surface area contributed by atoms with Crippen molar-refractivity contribution in [2.75, 3.05) is 13.2 Å². The zero-order valence-corrected chi connectivity index (χ0v) is 19.6. The van der Waals surface area contributed by atoms with Gasteiger partial charge in [0.1, 0.15) is 5.65 Å². The number of aromatic nitrogens is 3. The zero-order chi connectivity index (χ0) is 23.5. The quantitative estimate of drug-likeness (QED) is 0.450. The third-order valence-electron chi connectivity index (χ3n) is 6.13. The molecule has 0 spiro atoms. The van der Waals surface area contributed by atoms with Crippen molar-refractivity contribution in [2.24, 2.45) is 7.05 Å². The van der Waals surface area contributed by atoms with E-state index in [1.54, 1.807) is 40.8 Å². The fraction of sp³-hybridized carbons (Fsp3) is 0.682. The predicted octanol–water partition coefficient (Wildman–Crippen LogP) is 0.839. The molecule has 1 N–H and O–H groups in total. The normalized spacial score (nSPS) is 17.6. The summed E-state index contributed by atoms with van der Waals surface area (Å²) in [6.07, 6.45) is 4.85. The van der Waals surface area contributed by atoms with E-state index in [2.05, 4.69) is 4.98 Å². The van der Waals surface area contributed by atoms with Gasteiger partial charge in [-0.1, -0.05) is 0 Å². The molecule has 3 heterocycles. The summed E-state index contributed by atoms with van der Waals surface area (Å²) < 4.78 is 19.6. The van der Waals surface area contributed by atoms with Gasteiger partial charge in [0.05, 0.1) is 23.2 Å². The van der Waals surface area contributed by atoms with E-state index in [-0.39, 0.29) is 12.8 Å². The van der Waals surface area contributed by atoms with Crippen molar-refractivity contribution in [1.82, 2.24) is 14.1 Å². The molecule has 0 aliphatic carbocycles. The molecule has 1 fully saturated rings. The highest BCUT2D eigenvalue weighted by Gasteiger charge is 2.35. The summed E-state index contributed by atoms with van der Waals surface area (Å²) in [5.74, 6) is 0. The topological polar surface area (TPSA) is 105 Å². The van der Waals surface area contributed by atoms with Gasteiger partial charge >= 0.3 is 13.2 Å². The zero-order valence-electron chi connectivity index (χ0n) is 19.6. The van der Waals surface area contributed by atoms with Crippen molar-refractivity contribution >= 4 is 24.0 Å². The summed E-state index contributed by atoms with van der Waals surface area (Å²) in [6, 6.07) is 1.65. The maximum Gasteiger partial charge on any atom is 0.332 e. The van der Waals surface area contributed by atoms with Gasteiger partial charge < -0.3 is 19.2 Å². The van der Waals surface area contributed by atoms with Gasteiger partial charge in [0.15, 0.2) is 6.29 Å². The molecule has 0 aromatic carbocycles. The number of nitrogens with zero attached hydrogens (tertiary/aromatic N) is 3. The lowest BCUT2D eigenvalue weighted by atomic mass is 9.83. The summed E-state index contributed by atoms with van der Waals surface area (Å²) in [5.41, 5.74) is -1.87. The first-order valence-electron chi connectivity index (χ1n) is 11.1. The van der Waals surface area contributed by atoms with Gasteiger partial charge in [-0.3, -0.25) is 13.9 Å². The Morgan fingerprint density at radius 1 is 1.28 bits per heavy atom. The van der Waals surface area contributed by atoms with Gasteiger partial charge in [0.2, 0.25) is 0 Å². The second-order valence-corrected chi connectivity index (χ2v) is 9.26. The minimum atomic E-state index is -1.07. The van der Waals surface area contributed by atoms with Crippen molar-refractivity contribution in [3.05, 3.63) is 33.1 Å². The molecule has 1 aliphatic heterocycles. The molecule has 1 saturated heterocycles. The second kappa shape index (κ2) is 9.86. The van der Waals surface area contributed by atoms with Crippen LogP contribution in [0.1, 0.15) is 53.4 Å². The molecule has 1 unspecified atom stereocenters. The van der Waals surface area contributed by atoms with E-state index in [9.17, 15) is 14.7 Å². The number of fused-ring (bicyclic) bond motifs is 1. The highest BCUT2D eigenvalue weighted by atomic mass is 16.7. The fourth-order valence-electron chi connectivity index (χ4n) is 3.30. The minimum Gasteiger partial charge on any atom is -0.427 e. The molecule has 0 amide bonds. The average molecular weight is 446 g/mol. The molecular formula is C22H33BN3O6. The van der Waals surface area contributed by atoms with Gasteiger partial charge in [-0.15, -0.1) is 0 Å². The summed E-state index contributed by atoms with van der Waals surface area (Å²) in [5, 5.41) is 10.6. The monoisotopic (exact) mass is 446 g/mol. The molecule has 9 nitrogen and oxygen atoms in total. The Balaban J connectivity index is 1.76. The molecule has 1 aliphatic rings. The lowest BCUT2D eigenvalue weighted by molar-refractivity contribution is -0.163. The van der Waals surface area contributed by atoms with Crippen LogP contribution < -0.4 is 16.7 Å². The van der Waals surface area contributed by atoms with E-state index in [0.717, 1.165) is 19.3 Å². The van der Waals surface area contributed by atoms with Crippen LogP contribution >= 0.6 is 0 Å². The van der Waals surface area contributed by atoms with Crippen LogP contribution in [0.5, 0.6) is 0 Å². The maximum absolute atomic E-state index is 13.1.